The van der Waals surface area contributed by atoms with E-state index in [-0.39, 0.29) is 19.1 Å². The van der Waals surface area contributed by atoms with Gasteiger partial charge in [0.1, 0.15) is 25.3 Å². The quantitative estimate of drug-likeness (QED) is 0.567. The van der Waals surface area contributed by atoms with Crippen LogP contribution < -0.4 is 10.6 Å². The summed E-state index contributed by atoms with van der Waals surface area (Å²) in [7, 11) is 0. The van der Waals surface area contributed by atoms with E-state index >= 15 is 0 Å². The van der Waals surface area contributed by atoms with Crippen LogP contribution in [0.3, 0.4) is 0 Å². The fourth-order valence-corrected chi connectivity index (χ4v) is 2.82. The van der Waals surface area contributed by atoms with Gasteiger partial charge in [-0.3, -0.25) is 4.79 Å². The number of hydrogen-bond acceptors (Lipinski definition) is 5. The Kier molecular flexibility index (Phi) is 9.55. The van der Waals surface area contributed by atoms with Gasteiger partial charge in [0.15, 0.2) is 0 Å². The fourth-order valence-electron chi connectivity index (χ4n) is 2.82. The van der Waals surface area contributed by atoms with Gasteiger partial charge in [-0.15, -0.1) is 0 Å². The minimum Gasteiger partial charge on any atom is -0.459 e. The number of carbonyl (C=O) groups is 3. The van der Waals surface area contributed by atoms with Crippen LogP contribution in [0.15, 0.2) is 60.7 Å². The van der Waals surface area contributed by atoms with Gasteiger partial charge < -0.3 is 20.1 Å². The highest BCUT2D eigenvalue weighted by atomic mass is 16.5. The second-order valence-corrected chi connectivity index (χ2v) is 7.71. The molecule has 2 aromatic carbocycles. The van der Waals surface area contributed by atoms with Crippen molar-refractivity contribution >= 4 is 18.0 Å². The molecule has 7 heteroatoms. The molecule has 0 bridgehead atoms. The molecule has 2 rings (SSSR count). The molecule has 2 N–H and O–H groups in total. The topological polar surface area (TPSA) is 93.7 Å². The van der Waals surface area contributed by atoms with E-state index in [0.29, 0.717) is 6.42 Å². The van der Waals surface area contributed by atoms with Crippen molar-refractivity contribution in [1.29, 1.82) is 0 Å². The molecule has 2 unspecified atom stereocenters. The van der Waals surface area contributed by atoms with Crippen LogP contribution in [0.2, 0.25) is 0 Å². The first-order chi connectivity index (χ1) is 14.8. The maximum Gasteiger partial charge on any atom is 0.408 e. The van der Waals surface area contributed by atoms with E-state index < -0.39 is 30.1 Å². The number of benzene rings is 2. The van der Waals surface area contributed by atoms with Gasteiger partial charge in [-0.2, -0.15) is 0 Å². The van der Waals surface area contributed by atoms with Gasteiger partial charge in [-0.25, -0.2) is 9.59 Å². The van der Waals surface area contributed by atoms with Crippen molar-refractivity contribution in [2.45, 2.75) is 52.5 Å². The Hall–Kier alpha value is -3.35. The van der Waals surface area contributed by atoms with Gasteiger partial charge >= 0.3 is 12.1 Å². The number of hydrogen-bond donors (Lipinski definition) is 2. The zero-order chi connectivity index (χ0) is 22.6. The lowest BCUT2D eigenvalue weighted by Gasteiger charge is -2.22. The molecule has 7 nitrogen and oxygen atoms in total. The first-order valence-corrected chi connectivity index (χ1v) is 10.3. The number of nitrogens with one attached hydrogen (secondary N) is 2. The fraction of sp³-hybridized carbons (Fsp3) is 0.375. The lowest BCUT2D eigenvalue weighted by atomic mass is 10.0. The highest BCUT2D eigenvalue weighted by Crippen LogP contribution is 2.09. The Bertz CT molecular complexity index is 840. The second-order valence-electron chi connectivity index (χ2n) is 7.71. The molecule has 0 aliphatic rings. The Morgan fingerprint density at radius 2 is 1.29 bits per heavy atom. The summed E-state index contributed by atoms with van der Waals surface area (Å²) in [5.41, 5.74) is 1.70. The molecule has 0 fully saturated rings. The Labute approximate surface area is 183 Å². The van der Waals surface area contributed by atoms with Crippen LogP contribution in [0.5, 0.6) is 0 Å². The van der Waals surface area contributed by atoms with Gasteiger partial charge in [0, 0.05) is 0 Å². The first kappa shape index (κ1) is 23.9. The van der Waals surface area contributed by atoms with E-state index in [1.165, 1.54) is 6.92 Å². The molecule has 31 heavy (non-hydrogen) atoms. The van der Waals surface area contributed by atoms with Crippen molar-refractivity contribution < 1.29 is 23.9 Å². The van der Waals surface area contributed by atoms with Gasteiger partial charge in [-0.05, 0) is 30.4 Å². The maximum atomic E-state index is 12.5. The Balaban J connectivity index is 1.84. The third-order valence-corrected chi connectivity index (χ3v) is 4.47. The summed E-state index contributed by atoms with van der Waals surface area (Å²) >= 11 is 0. The molecule has 166 valence electrons. The van der Waals surface area contributed by atoms with Crippen molar-refractivity contribution in [3.8, 4) is 0 Å². The highest BCUT2D eigenvalue weighted by Gasteiger charge is 2.26. The van der Waals surface area contributed by atoms with E-state index in [9.17, 15) is 14.4 Å². The number of rotatable bonds is 10. The highest BCUT2D eigenvalue weighted by molar-refractivity contribution is 5.89. The van der Waals surface area contributed by atoms with Crippen LogP contribution in [0.1, 0.15) is 38.3 Å². The van der Waals surface area contributed by atoms with Crippen LogP contribution in [-0.2, 0) is 32.3 Å². The van der Waals surface area contributed by atoms with E-state index in [1.807, 2.05) is 74.5 Å². The Morgan fingerprint density at radius 3 is 1.81 bits per heavy atom. The maximum absolute atomic E-state index is 12.5. The van der Waals surface area contributed by atoms with Crippen molar-refractivity contribution in [2.24, 2.45) is 5.92 Å². The standard InChI is InChI=1S/C24H30N2O5/c1-17(2)14-21(23(28)30-15-19-10-6-4-7-11-19)26-22(27)18(3)25-24(29)31-16-20-12-8-5-9-13-20/h4-13,17-18,21H,14-16H2,1-3H3,(H,25,29)(H,26,27). The molecule has 0 heterocycles. The molecule has 2 aromatic rings. The average molecular weight is 427 g/mol. The molecule has 0 saturated heterocycles. The second kappa shape index (κ2) is 12.4. The molecule has 0 saturated carbocycles. The average Bonchev–Trinajstić information content (AvgIpc) is 2.76. The van der Waals surface area contributed by atoms with Crippen molar-refractivity contribution in [3.05, 3.63) is 71.8 Å². The lowest BCUT2D eigenvalue weighted by Crippen LogP contribution is -2.51. The molecule has 0 aliphatic carbocycles. The summed E-state index contributed by atoms with van der Waals surface area (Å²) in [5.74, 6) is -0.836. The molecule has 0 aromatic heterocycles. The van der Waals surface area contributed by atoms with E-state index in [2.05, 4.69) is 10.6 Å². The summed E-state index contributed by atoms with van der Waals surface area (Å²) in [6, 6.07) is 16.9. The van der Waals surface area contributed by atoms with Gasteiger partial charge in [0.25, 0.3) is 0 Å². The monoisotopic (exact) mass is 426 g/mol. The van der Waals surface area contributed by atoms with Crippen molar-refractivity contribution in [2.75, 3.05) is 0 Å². The summed E-state index contributed by atoms with van der Waals surface area (Å²) in [6.45, 7) is 5.66. The smallest absolute Gasteiger partial charge is 0.408 e. The van der Waals surface area contributed by atoms with Gasteiger partial charge in [0.2, 0.25) is 5.91 Å². The minimum absolute atomic E-state index is 0.1000. The zero-order valence-corrected chi connectivity index (χ0v) is 18.2. The molecule has 0 spiro atoms. The number of amides is 2. The van der Waals surface area contributed by atoms with Crippen LogP contribution in [0.25, 0.3) is 0 Å². The van der Waals surface area contributed by atoms with Crippen molar-refractivity contribution in [1.82, 2.24) is 10.6 Å². The van der Waals surface area contributed by atoms with Gasteiger partial charge in [0.05, 0.1) is 0 Å². The largest absolute Gasteiger partial charge is 0.459 e. The number of ether oxygens (including phenoxy) is 2. The molecular formula is C24H30N2O5. The molecule has 2 atom stereocenters. The first-order valence-electron chi connectivity index (χ1n) is 10.3. The minimum atomic E-state index is -0.875. The third kappa shape index (κ3) is 8.90. The summed E-state index contributed by atoms with van der Waals surface area (Å²) in [6.07, 6.45) is -0.288. The normalized spacial score (nSPS) is 12.5. The van der Waals surface area contributed by atoms with E-state index in [0.717, 1.165) is 11.1 Å². The molecule has 0 aliphatic heterocycles. The van der Waals surface area contributed by atoms with Gasteiger partial charge in [-0.1, -0.05) is 74.5 Å². The predicted molar refractivity (Wildman–Crippen MR) is 117 cm³/mol. The van der Waals surface area contributed by atoms with Crippen LogP contribution in [0.4, 0.5) is 4.79 Å². The third-order valence-electron chi connectivity index (χ3n) is 4.47. The van der Waals surface area contributed by atoms with E-state index in [1.54, 1.807) is 0 Å². The number of carbonyl (C=O) groups excluding carboxylic acids is 3. The predicted octanol–water partition coefficient (Wildman–Crippen LogP) is 3.58. The zero-order valence-electron chi connectivity index (χ0n) is 18.2. The SMILES string of the molecule is CC(C)CC(NC(=O)C(C)NC(=O)OCc1ccccc1)C(=O)OCc1ccccc1. The number of esters is 1. The van der Waals surface area contributed by atoms with Crippen LogP contribution in [0, 0.1) is 5.92 Å². The lowest BCUT2D eigenvalue weighted by molar-refractivity contribution is -0.149. The van der Waals surface area contributed by atoms with E-state index in [4.69, 9.17) is 9.47 Å². The van der Waals surface area contributed by atoms with Crippen LogP contribution in [-0.4, -0.2) is 30.1 Å². The molecule has 2 amide bonds. The van der Waals surface area contributed by atoms with Crippen LogP contribution >= 0.6 is 0 Å². The summed E-state index contributed by atoms with van der Waals surface area (Å²) in [4.78, 5) is 37.1. The summed E-state index contributed by atoms with van der Waals surface area (Å²) in [5, 5.41) is 5.16. The molecular weight excluding hydrogens is 396 g/mol. The summed E-state index contributed by atoms with van der Waals surface area (Å²) < 4.78 is 10.5. The Morgan fingerprint density at radius 1 is 0.774 bits per heavy atom. The molecule has 0 radical (unpaired) electrons. The number of alkyl carbamates (subject to hydrolysis) is 1. The van der Waals surface area contributed by atoms with Crippen molar-refractivity contribution in [3.63, 3.8) is 0 Å².